The van der Waals surface area contributed by atoms with Gasteiger partial charge in [0.2, 0.25) is 5.91 Å². The van der Waals surface area contributed by atoms with E-state index in [-0.39, 0.29) is 23.5 Å². The number of rotatable bonds is 3. The second-order valence-electron chi connectivity index (χ2n) is 9.42. The van der Waals surface area contributed by atoms with E-state index in [1.165, 1.54) is 0 Å². The minimum absolute atomic E-state index is 0.0652. The molecule has 0 saturated heterocycles. The maximum absolute atomic E-state index is 13.7. The van der Waals surface area contributed by atoms with Gasteiger partial charge in [-0.15, -0.1) is 0 Å². The summed E-state index contributed by atoms with van der Waals surface area (Å²) in [5, 5.41) is 0. The lowest BCUT2D eigenvalue weighted by atomic mass is 9.72. The Kier molecular flexibility index (Phi) is 5.49. The molecule has 1 amide bonds. The van der Waals surface area contributed by atoms with Crippen molar-refractivity contribution in [2.75, 3.05) is 4.90 Å². The zero-order valence-corrected chi connectivity index (χ0v) is 19.5. The summed E-state index contributed by atoms with van der Waals surface area (Å²) in [6, 6.07) is 24.5. The molecule has 3 nitrogen and oxygen atoms in total. The van der Waals surface area contributed by atoms with E-state index in [4.69, 9.17) is 0 Å². The van der Waals surface area contributed by atoms with Crippen molar-refractivity contribution in [3.63, 3.8) is 0 Å². The minimum Gasteiger partial charge on any atom is -0.294 e. The summed E-state index contributed by atoms with van der Waals surface area (Å²) < 4.78 is 0. The van der Waals surface area contributed by atoms with Gasteiger partial charge < -0.3 is 0 Å². The van der Waals surface area contributed by atoms with E-state index in [9.17, 15) is 9.59 Å². The number of benzene rings is 3. The smallest absolute Gasteiger partial charge is 0.232 e. The molecule has 3 aromatic rings. The first-order chi connectivity index (χ1) is 15.9. The Bertz CT molecular complexity index is 1270. The summed E-state index contributed by atoms with van der Waals surface area (Å²) in [7, 11) is 0. The van der Waals surface area contributed by atoms with E-state index in [0.29, 0.717) is 19.3 Å². The van der Waals surface area contributed by atoms with Crippen LogP contribution >= 0.6 is 0 Å². The van der Waals surface area contributed by atoms with E-state index in [0.717, 1.165) is 44.8 Å². The SMILES string of the molecule is Cc1cccc(C2CC(=O)N(c3cccc(C)c3C)C3=C2C(=O)CC(c2ccccc2)C3)c1. The predicted molar refractivity (Wildman–Crippen MR) is 132 cm³/mol. The third kappa shape index (κ3) is 3.82. The molecular weight excluding hydrogens is 406 g/mol. The van der Waals surface area contributed by atoms with Crippen LogP contribution in [-0.4, -0.2) is 11.7 Å². The van der Waals surface area contributed by atoms with Crippen LogP contribution in [0, 0.1) is 20.8 Å². The first-order valence-electron chi connectivity index (χ1n) is 11.7. The van der Waals surface area contributed by atoms with Gasteiger partial charge in [-0.1, -0.05) is 72.3 Å². The molecule has 3 aromatic carbocycles. The maximum atomic E-state index is 13.7. The highest BCUT2D eigenvalue weighted by atomic mass is 16.2. The van der Waals surface area contributed by atoms with Gasteiger partial charge in [0.15, 0.2) is 5.78 Å². The fourth-order valence-corrected chi connectivity index (χ4v) is 5.43. The van der Waals surface area contributed by atoms with Crippen LogP contribution in [0.2, 0.25) is 0 Å². The van der Waals surface area contributed by atoms with Gasteiger partial charge in [0, 0.05) is 30.0 Å². The Labute approximate surface area is 195 Å². The zero-order valence-electron chi connectivity index (χ0n) is 19.5. The van der Waals surface area contributed by atoms with E-state index in [2.05, 4.69) is 57.2 Å². The van der Waals surface area contributed by atoms with Crippen LogP contribution in [-0.2, 0) is 9.59 Å². The topological polar surface area (TPSA) is 37.4 Å². The molecule has 3 heteroatoms. The quantitative estimate of drug-likeness (QED) is 0.469. The van der Waals surface area contributed by atoms with Crippen LogP contribution < -0.4 is 4.90 Å². The summed E-state index contributed by atoms with van der Waals surface area (Å²) in [6.45, 7) is 6.18. The fraction of sp³-hybridized carbons (Fsp3) is 0.267. The fourth-order valence-electron chi connectivity index (χ4n) is 5.43. The Morgan fingerprint density at radius 3 is 2.24 bits per heavy atom. The first kappa shape index (κ1) is 21.4. The number of aryl methyl sites for hydroxylation is 2. The van der Waals surface area contributed by atoms with Crippen molar-refractivity contribution in [1.82, 2.24) is 0 Å². The molecular formula is C30H29NO2. The predicted octanol–water partition coefficient (Wildman–Crippen LogP) is 6.53. The highest BCUT2D eigenvalue weighted by Crippen LogP contribution is 2.47. The molecule has 0 saturated carbocycles. The summed E-state index contributed by atoms with van der Waals surface area (Å²) >= 11 is 0. The molecule has 2 aliphatic rings. The van der Waals surface area contributed by atoms with Crippen molar-refractivity contribution in [1.29, 1.82) is 0 Å². The number of allylic oxidation sites excluding steroid dienone is 2. The van der Waals surface area contributed by atoms with Gasteiger partial charge in [-0.3, -0.25) is 14.5 Å². The molecule has 1 heterocycles. The Morgan fingerprint density at radius 2 is 1.48 bits per heavy atom. The highest BCUT2D eigenvalue weighted by molar-refractivity contribution is 6.08. The van der Waals surface area contributed by atoms with Crippen molar-refractivity contribution < 1.29 is 9.59 Å². The molecule has 2 unspecified atom stereocenters. The van der Waals surface area contributed by atoms with Gasteiger partial charge in [0.05, 0.1) is 5.69 Å². The lowest BCUT2D eigenvalue weighted by Gasteiger charge is -2.41. The van der Waals surface area contributed by atoms with Gasteiger partial charge in [0.1, 0.15) is 0 Å². The van der Waals surface area contributed by atoms with Crippen molar-refractivity contribution in [3.05, 3.63) is 112 Å². The molecule has 0 fully saturated rings. The Hall–Kier alpha value is -3.46. The second-order valence-corrected chi connectivity index (χ2v) is 9.42. The van der Waals surface area contributed by atoms with Gasteiger partial charge in [-0.05, 0) is 61.4 Å². The van der Waals surface area contributed by atoms with Crippen LogP contribution in [0.4, 0.5) is 5.69 Å². The second kappa shape index (κ2) is 8.47. The van der Waals surface area contributed by atoms with Crippen LogP contribution in [0.5, 0.6) is 0 Å². The van der Waals surface area contributed by atoms with Crippen LogP contribution in [0.3, 0.4) is 0 Å². The third-order valence-corrected chi connectivity index (χ3v) is 7.26. The number of amides is 1. The van der Waals surface area contributed by atoms with Crippen molar-refractivity contribution in [2.45, 2.75) is 51.9 Å². The number of hydrogen-bond acceptors (Lipinski definition) is 2. The molecule has 5 rings (SSSR count). The number of carbonyl (C=O) groups excluding carboxylic acids is 2. The number of anilines is 1. The number of nitrogens with zero attached hydrogens (tertiary/aromatic N) is 1. The minimum atomic E-state index is -0.182. The normalized spacial score (nSPS) is 20.8. The van der Waals surface area contributed by atoms with Gasteiger partial charge in [0.25, 0.3) is 0 Å². The molecule has 0 aromatic heterocycles. The summed E-state index contributed by atoms with van der Waals surface area (Å²) in [6.07, 6.45) is 1.49. The zero-order chi connectivity index (χ0) is 23.1. The van der Waals surface area contributed by atoms with Crippen LogP contribution in [0.15, 0.2) is 84.1 Å². The average molecular weight is 436 g/mol. The van der Waals surface area contributed by atoms with Crippen molar-refractivity contribution in [2.24, 2.45) is 0 Å². The Morgan fingerprint density at radius 1 is 0.758 bits per heavy atom. The van der Waals surface area contributed by atoms with Crippen molar-refractivity contribution in [3.8, 4) is 0 Å². The number of ketones is 1. The molecule has 2 atom stereocenters. The monoisotopic (exact) mass is 435 g/mol. The maximum Gasteiger partial charge on any atom is 0.232 e. The molecule has 33 heavy (non-hydrogen) atoms. The lowest BCUT2D eigenvalue weighted by Crippen LogP contribution is -2.42. The summed E-state index contributed by atoms with van der Waals surface area (Å²) in [4.78, 5) is 29.3. The number of carbonyl (C=O) groups is 2. The molecule has 166 valence electrons. The van der Waals surface area contributed by atoms with Crippen LogP contribution in [0.1, 0.15) is 58.9 Å². The van der Waals surface area contributed by atoms with Crippen LogP contribution in [0.25, 0.3) is 0 Å². The van der Waals surface area contributed by atoms with Gasteiger partial charge in [-0.2, -0.15) is 0 Å². The molecule has 0 radical (unpaired) electrons. The molecule has 0 bridgehead atoms. The standard InChI is InChI=1S/C30H29NO2/c1-19-9-7-13-23(15-19)25-18-29(33)31(26-14-8-10-20(2)21(26)3)27-16-24(17-28(32)30(25)27)22-11-5-4-6-12-22/h4-15,24-25H,16-18H2,1-3H3. The van der Waals surface area contributed by atoms with E-state index in [1.807, 2.05) is 41.3 Å². The van der Waals surface area contributed by atoms with E-state index >= 15 is 0 Å². The highest BCUT2D eigenvalue weighted by Gasteiger charge is 2.42. The van der Waals surface area contributed by atoms with Crippen molar-refractivity contribution >= 4 is 17.4 Å². The van der Waals surface area contributed by atoms with E-state index < -0.39 is 0 Å². The number of hydrogen-bond donors (Lipinski definition) is 0. The average Bonchev–Trinajstić information content (AvgIpc) is 2.81. The molecule has 0 spiro atoms. The number of Topliss-reactive ketones (excluding diaryl/α,β-unsaturated/α-hetero) is 1. The van der Waals surface area contributed by atoms with Gasteiger partial charge in [-0.25, -0.2) is 0 Å². The lowest BCUT2D eigenvalue weighted by molar-refractivity contribution is -0.120. The molecule has 1 aliphatic heterocycles. The largest absolute Gasteiger partial charge is 0.294 e. The molecule has 0 N–H and O–H groups in total. The van der Waals surface area contributed by atoms with E-state index in [1.54, 1.807) is 0 Å². The summed E-state index contributed by atoms with van der Waals surface area (Å²) in [5.74, 6) is 0.127. The summed E-state index contributed by atoms with van der Waals surface area (Å²) in [5.41, 5.74) is 8.20. The Balaban J connectivity index is 1.69. The first-order valence-corrected chi connectivity index (χ1v) is 11.7. The third-order valence-electron chi connectivity index (χ3n) is 7.26. The van der Waals surface area contributed by atoms with Gasteiger partial charge >= 0.3 is 0 Å². The molecule has 1 aliphatic carbocycles.